The van der Waals surface area contributed by atoms with Crippen LogP contribution < -0.4 is 0 Å². The van der Waals surface area contributed by atoms with Crippen molar-refractivity contribution in [3.05, 3.63) is 0 Å². The zero-order valence-corrected chi connectivity index (χ0v) is 19.8. The van der Waals surface area contributed by atoms with E-state index >= 15 is 0 Å². The first-order valence-electron chi connectivity index (χ1n) is 10.9. The van der Waals surface area contributed by atoms with Gasteiger partial charge in [0.25, 0.3) is 0 Å². The molecule has 0 spiro atoms. The second-order valence-corrected chi connectivity index (χ2v) is 14.1. The summed E-state index contributed by atoms with van der Waals surface area (Å²) < 4.78 is 6.63. The number of rotatable bonds is 13. The van der Waals surface area contributed by atoms with Gasteiger partial charge in [-0.3, -0.25) is 0 Å². The quantitative estimate of drug-likeness (QED) is 0.210. The highest BCUT2D eigenvalue weighted by Gasteiger charge is 2.38. The molecule has 1 unspecified atom stereocenters. The molecular formula is C23H46O2Si. The summed E-state index contributed by atoms with van der Waals surface area (Å²) in [4.78, 5) is 0. The third kappa shape index (κ3) is 13.0. The maximum Gasteiger partial charge on any atom is 0.192 e. The van der Waals surface area contributed by atoms with Gasteiger partial charge in [-0.25, -0.2) is 0 Å². The molecule has 0 saturated carbocycles. The van der Waals surface area contributed by atoms with Gasteiger partial charge in [0.2, 0.25) is 0 Å². The van der Waals surface area contributed by atoms with Crippen LogP contribution in [0.5, 0.6) is 0 Å². The molecule has 3 heteroatoms. The molecule has 0 aromatic rings. The molecule has 0 fully saturated rings. The van der Waals surface area contributed by atoms with Crippen LogP contribution in [0.25, 0.3) is 0 Å². The normalized spacial score (nSPS) is 14.6. The third-order valence-electron chi connectivity index (χ3n) is 5.50. The molecule has 0 aromatic carbocycles. The van der Waals surface area contributed by atoms with Gasteiger partial charge < -0.3 is 9.53 Å². The van der Waals surface area contributed by atoms with Gasteiger partial charge in [-0.1, -0.05) is 47.0 Å². The van der Waals surface area contributed by atoms with Gasteiger partial charge in [0.05, 0.1) is 6.10 Å². The first-order chi connectivity index (χ1) is 12.1. The number of aliphatic hydroxyl groups is 1. The molecule has 0 amide bonds. The average Bonchev–Trinajstić information content (AvgIpc) is 2.51. The molecular weight excluding hydrogens is 336 g/mol. The monoisotopic (exact) mass is 382 g/mol. The highest BCUT2D eigenvalue weighted by atomic mass is 28.4. The SMILES string of the molecule is CCC[C@H](CCCCC#CCCCCCC(C)O)O[Si](C)(C)C(C)(C)C. The zero-order chi connectivity index (χ0) is 20.1. The third-order valence-corrected chi connectivity index (χ3v) is 10.0. The molecule has 154 valence electrons. The van der Waals surface area contributed by atoms with E-state index < -0.39 is 8.32 Å². The minimum absolute atomic E-state index is 0.154. The van der Waals surface area contributed by atoms with Gasteiger partial charge in [-0.2, -0.15) is 0 Å². The molecule has 0 heterocycles. The molecule has 0 rings (SSSR count). The van der Waals surface area contributed by atoms with E-state index in [0.29, 0.717) is 11.1 Å². The summed E-state index contributed by atoms with van der Waals surface area (Å²) in [5.74, 6) is 6.64. The van der Waals surface area contributed by atoms with Crippen molar-refractivity contribution < 1.29 is 9.53 Å². The lowest BCUT2D eigenvalue weighted by atomic mass is 10.1. The number of unbranched alkanes of at least 4 members (excludes halogenated alkanes) is 5. The number of hydrogen-bond acceptors (Lipinski definition) is 2. The maximum absolute atomic E-state index is 9.22. The standard InChI is InChI=1S/C23H46O2Si/c1-8-18-22(25-26(6,7)23(3,4)5)20-17-15-13-11-9-10-12-14-16-19-21(2)24/h21-22,24H,8,10,12-20H2,1-7H3/t21?,22-/m1/s1. The van der Waals surface area contributed by atoms with Crippen molar-refractivity contribution >= 4 is 8.32 Å². The Morgan fingerprint density at radius 3 is 1.92 bits per heavy atom. The zero-order valence-electron chi connectivity index (χ0n) is 18.8. The Labute approximate surface area is 165 Å². The van der Waals surface area contributed by atoms with Crippen LogP contribution in [0.3, 0.4) is 0 Å². The summed E-state index contributed by atoms with van der Waals surface area (Å²) in [5.41, 5.74) is 0. The van der Waals surface area contributed by atoms with Gasteiger partial charge >= 0.3 is 0 Å². The van der Waals surface area contributed by atoms with Crippen LogP contribution in [-0.4, -0.2) is 25.6 Å². The molecule has 0 bridgehead atoms. The Balaban J connectivity index is 3.93. The van der Waals surface area contributed by atoms with Crippen molar-refractivity contribution in [1.29, 1.82) is 0 Å². The Hall–Kier alpha value is -0.303. The first kappa shape index (κ1) is 25.7. The molecule has 2 nitrogen and oxygen atoms in total. The van der Waals surface area contributed by atoms with Gasteiger partial charge in [0.15, 0.2) is 8.32 Å². The van der Waals surface area contributed by atoms with Crippen LogP contribution in [0, 0.1) is 11.8 Å². The Morgan fingerprint density at radius 2 is 1.42 bits per heavy atom. The number of aliphatic hydroxyl groups excluding tert-OH is 1. The van der Waals surface area contributed by atoms with E-state index in [-0.39, 0.29) is 6.10 Å². The van der Waals surface area contributed by atoms with Crippen LogP contribution in [0.15, 0.2) is 0 Å². The van der Waals surface area contributed by atoms with E-state index in [1.54, 1.807) is 0 Å². The maximum atomic E-state index is 9.22. The van der Waals surface area contributed by atoms with Crippen molar-refractivity contribution in [3.8, 4) is 11.8 Å². The molecule has 1 N–H and O–H groups in total. The fourth-order valence-electron chi connectivity index (χ4n) is 2.77. The van der Waals surface area contributed by atoms with Crippen LogP contribution in [0.2, 0.25) is 18.1 Å². The number of hydrogen-bond donors (Lipinski definition) is 1. The van der Waals surface area contributed by atoms with Crippen molar-refractivity contribution in [2.24, 2.45) is 0 Å². The average molecular weight is 383 g/mol. The van der Waals surface area contributed by atoms with Gasteiger partial charge in [0, 0.05) is 18.9 Å². The van der Waals surface area contributed by atoms with Crippen LogP contribution >= 0.6 is 0 Å². The predicted molar refractivity (Wildman–Crippen MR) is 118 cm³/mol. The molecule has 2 atom stereocenters. The van der Waals surface area contributed by atoms with Crippen molar-refractivity contribution in [3.63, 3.8) is 0 Å². The second-order valence-electron chi connectivity index (χ2n) is 9.34. The Bertz CT molecular complexity index is 399. The fourth-order valence-corrected chi connectivity index (χ4v) is 4.19. The Kier molecular flexibility index (Phi) is 13.6. The minimum Gasteiger partial charge on any atom is -0.414 e. The highest BCUT2D eigenvalue weighted by molar-refractivity contribution is 6.74. The lowest BCUT2D eigenvalue weighted by Crippen LogP contribution is -2.43. The molecule has 0 aromatic heterocycles. The van der Waals surface area contributed by atoms with Gasteiger partial charge in [0.1, 0.15) is 0 Å². The lowest BCUT2D eigenvalue weighted by molar-refractivity contribution is 0.157. The van der Waals surface area contributed by atoms with Crippen LogP contribution in [0.1, 0.15) is 105 Å². The van der Waals surface area contributed by atoms with E-state index in [1.807, 2.05) is 6.92 Å². The van der Waals surface area contributed by atoms with E-state index in [1.165, 1.54) is 44.9 Å². The summed E-state index contributed by atoms with van der Waals surface area (Å²) in [6.07, 6.45) is 12.7. The molecule has 26 heavy (non-hydrogen) atoms. The molecule has 0 aliphatic heterocycles. The van der Waals surface area contributed by atoms with Crippen molar-refractivity contribution in [2.45, 2.75) is 136 Å². The summed E-state index contributed by atoms with van der Waals surface area (Å²) in [6, 6.07) is 0. The smallest absolute Gasteiger partial charge is 0.192 e. The Morgan fingerprint density at radius 1 is 0.885 bits per heavy atom. The molecule has 0 radical (unpaired) electrons. The van der Waals surface area contributed by atoms with Crippen molar-refractivity contribution in [2.75, 3.05) is 0 Å². The summed E-state index contributed by atoms with van der Waals surface area (Å²) in [7, 11) is -1.65. The van der Waals surface area contributed by atoms with Crippen LogP contribution in [-0.2, 0) is 4.43 Å². The van der Waals surface area contributed by atoms with E-state index in [9.17, 15) is 5.11 Å². The highest BCUT2D eigenvalue weighted by Crippen LogP contribution is 2.38. The second kappa shape index (κ2) is 13.8. The van der Waals surface area contributed by atoms with E-state index in [2.05, 4.69) is 52.6 Å². The lowest BCUT2D eigenvalue weighted by Gasteiger charge is -2.39. The van der Waals surface area contributed by atoms with E-state index in [0.717, 1.165) is 25.7 Å². The van der Waals surface area contributed by atoms with Gasteiger partial charge in [-0.05, 0) is 63.6 Å². The fraction of sp³-hybridized carbons (Fsp3) is 0.913. The molecule has 0 aliphatic rings. The largest absolute Gasteiger partial charge is 0.414 e. The summed E-state index contributed by atoms with van der Waals surface area (Å²) >= 11 is 0. The molecule has 0 saturated heterocycles. The molecule has 0 aliphatic carbocycles. The summed E-state index contributed by atoms with van der Waals surface area (Å²) in [6.45, 7) is 15.8. The topological polar surface area (TPSA) is 29.5 Å². The van der Waals surface area contributed by atoms with E-state index in [4.69, 9.17) is 4.43 Å². The van der Waals surface area contributed by atoms with Gasteiger partial charge in [-0.15, -0.1) is 11.8 Å². The van der Waals surface area contributed by atoms with Crippen molar-refractivity contribution in [1.82, 2.24) is 0 Å². The van der Waals surface area contributed by atoms with Crippen LogP contribution in [0.4, 0.5) is 0 Å². The first-order valence-corrected chi connectivity index (χ1v) is 13.8. The predicted octanol–water partition coefficient (Wildman–Crippen LogP) is 7.07. The minimum atomic E-state index is -1.65. The summed E-state index contributed by atoms with van der Waals surface area (Å²) in [5, 5.41) is 9.51.